The van der Waals surface area contributed by atoms with Crippen LogP contribution in [0.4, 0.5) is 0 Å². The van der Waals surface area contributed by atoms with Crippen molar-refractivity contribution in [3.8, 4) is 0 Å². The summed E-state index contributed by atoms with van der Waals surface area (Å²) < 4.78 is 0. The van der Waals surface area contributed by atoms with Gasteiger partial charge >= 0.3 is 0 Å². The molecule has 0 unspecified atom stereocenters. The first-order valence-corrected chi connectivity index (χ1v) is 6.49. The molecule has 0 amide bonds. The van der Waals surface area contributed by atoms with Gasteiger partial charge in [-0.05, 0) is 37.7 Å². The molecule has 3 N–H and O–H groups in total. The van der Waals surface area contributed by atoms with Crippen molar-refractivity contribution in [1.29, 1.82) is 0 Å². The fourth-order valence-corrected chi connectivity index (χ4v) is 2.66. The number of nitrogens with two attached hydrogens (primary N) is 1. The molecule has 2 rings (SSSR count). The molecule has 0 bridgehead atoms. The van der Waals surface area contributed by atoms with Gasteiger partial charge in [0.1, 0.15) is 0 Å². The number of amidine groups is 1. The van der Waals surface area contributed by atoms with E-state index in [9.17, 15) is 0 Å². The minimum absolute atomic E-state index is 0.0764. The molecule has 0 aliphatic rings. The number of benzene rings is 1. The van der Waals surface area contributed by atoms with Gasteiger partial charge in [0.2, 0.25) is 0 Å². The molecule has 0 radical (unpaired) electrons. The Balaban J connectivity index is 2.38. The average Bonchev–Trinajstić information content (AvgIpc) is 2.37. The highest BCUT2D eigenvalue weighted by molar-refractivity contribution is 7.99. The van der Waals surface area contributed by atoms with Crippen LogP contribution >= 0.6 is 11.8 Å². The van der Waals surface area contributed by atoms with Gasteiger partial charge in [0.05, 0.1) is 0 Å². The third kappa shape index (κ3) is 3.23. The first-order chi connectivity index (χ1) is 9.10. The van der Waals surface area contributed by atoms with Crippen LogP contribution in [0.2, 0.25) is 0 Å². The summed E-state index contributed by atoms with van der Waals surface area (Å²) in [6, 6.07) is 9.32. The molecule has 2 aromatic rings. The first-order valence-electron chi connectivity index (χ1n) is 5.67. The number of oxime groups is 1. The maximum Gasteiger partial charge on any atom is 0.192 e. The lowest BCUT2D eigenvalue weighted by molar-refractivity contribution is 0.318. The molecule has 0 saturated heterocycles. The minimum atomic E-state index is 0.0764. The summed E-state index contributed by atoms with van der Waals surface area (Å²) in [7, 11) is 0. The highest BCUT2D eigenvalue weighted by atomic mass is 32.2. The molecule has 1 aromatic heterocycles. The Morgan fingerprint density at radius 2 is 1.84 bits per heavy atom. The maximum absolute atomic E-state index is 8.79. The Morgan fingerprint density at radius 3 is 2.47 bits per heavy atom. The second-order valence-electron chi connectivity index (χ2n) is 4.02. The van der Waals surface area contributed by atoms with Gasteiger partial charge in [-0.25, -0.2) is 9.97 Å². The molecule has 0 fully saturated rings. The number of aromatic nitrogens is 2. The minimum Gasteiger partial charge on any atom is -0.409 e. The highest BCUT2D eigenvalue weighted by Crippen LogP contribution is 2.28. The van der Waals surface area contributed by atoms with Crippen molar-refractivity contribution in [2.45, 2.75) is 23.9 Å². The van der Waals surface area contributed by atoms with Crippen molar-refractivity contribution < 1.29 is 5.21 Å². The number of hydrogen-bond acceptors (Lipinski definition) is 5. The molecular formula is C13H14N4OS. The molecule has 1 aromatic carbocycles. The third-order valence-electron chi connectivity index (χ3n) is 2.43. The number of aryl methyl sites for hydroxylation is 2. The van der Waals surface area contributed by atoms with Crippen LogP contribution in [-0.4, -0.2) is 21.0 Å². The SMILES string of the molecule is Cc1cc(C)nc(Sc2ccccc2C(N)=NO)n1. The van der Waals surface area contributed by atoms with E-state index in [4.69, 9.17) is 10.9 Å². The van der Waals surface area contributed by atoms with Crippen LogP contribution in [0.5, 0.6) is 0 Å². The van der Waals surface area contributed by atoms with Crippen LogP contribution in [0.3, 0.4) is 0 Å². The quantitative estimate of drug-likeness (QED) is 0.295. The normalized spacial score (nSPS) is 11.6. The summed E-state index contributed by atoms with van der Waals surface area (Å²) in [5.74, 6) is 0.0764. The summed E-state index contributed by atoms with van der Waals surface area (Å²) in [6.45, 7) is 3.85. The number of nitrogens with zero attached hydrogens (tertiary/aromatic N) is 3. The first kappa shape index (κ1) is 13.4. The van der Waals surface area contributed by atoms with Gasteiger partial charge in [0, 0.05) is 21.8 Å². The van der Waals surface area contributed by atoms with Gasteiger partial charge < -0.3 is 10.9 Å². The van der Waals surface area contributed by atoms with Crippen molar-refractivity contribution in [2.75, 3.05) is 0 Å². The monoisotopic (exact) mass is 274 g/mol. The van der Waals surface area contributed by atoms with E-state index in [1.165, 1.54) is 11.8 Å². The van der Waals surface area contributed by atoms with Crippen LogP contribution in [0.1, 0.15) is 17.0 Å². The van der Waals surface area contributed by atoms with Crippen molar-refractivity contribution in [1.82, 2.24) is 9.97 Å². The van der Waals surface area contributed by atoms with Gasteiger partial charge in [-0.2, -0.15) is 0 Å². The molecule has 5 nitrogen and oxygen atoms in total. The van der Waals surface area contributed by atoms with E-state index < -0.39 is 0 Å². The van der Waals surface area contributed by atoms with Gasteiger partial charge in [-0.1, -0.05) is 23.4 Å². The molecule has 0 aliphatic heterocycles. The standard InChI is InChI=1S/C13H14N4OS/c1-8-7-9(2)16-13(15-8)19-11-6-4-3-5-10(11)12(14)17-18/h3-7,18H,1-2H3,(H2,14,17). The molecule has 19 heavy (non-hydrogen) atoms. The van der Waals surface area contributed by atoms with Crippen molar-refractivity contribution in [3.05, 3.63) is 47.3 Å². The predicted octanol–water partition coefficient (Wildman–Crippen LogP) is 2.34. The van der Waals surface area contributed by atoms with E-state index in [-0.39, 0.29) is 5.84 Å². The summed E-state index contributed by atoms with van der Waals surface area (Å²) in [6.07, 6.45) is 0. The second kappa shape index (κ2) is 5.71. The molecule has 6 heteroatoms. The van der Waals surface area contributed by atoms with E-state index >= 15 is 0 Å². The van der Waals surface area contributed by atoms with Gasteiger partial charge in [0.25, 0.3) is 0 Å². The lowest BCUT2D eigenvalue weighted by atomic mass is 10.2. The zero-order valence-electron chi connectivity index (χ0n) is 10.7. The molecular weight excluding hydrogens is 260 g/mol. The van der Waals surface area contributed by atoms with E-state index in [1.807, 2.05) is 38.1 Å². The fourth-order valence-electron chi connectivity index (χ4n) is 1.66. The molecule has 0 spiro atoms. The van der Waals surface area contributed by atoms with Crippen molar-refractivity contribution in [2.24, 2.45) is 10.9 Å². The summed E-state index contributed by atoms with van der Waals surface area (Å²) >= 11 is 1.39. The van der Waals surface area contributed by atoms with Crippen LogP contribution in [-0.2, 0) is 0 Å². The third-order valence-corrected chi connectivity index (χ3v) is 3.37. The van der Waals surface area contributed by atoms with E-state index in [0.717, 1.165) is 16.3 Å². The lowest BCUT2D eigenvalue weighted by Gasteiger charge is -2.07. The molecule has 1 heterocycles. The lowest BCUT2D eigenvalue weighted by Crippen LogP contribution is -2.14. The average molecular weight is 274 g/mol. The summed E-state index contributed by atoms with van der Waals surface area (Å²) in [5, 5.41) is 12.5. The highest BCUT2D eigenvalue weighted by Gasteiger charge is 2.10. The number of hydrogen-bond donors (Lipinski definition) is 2. The van der Waals surface area contributed by atoms with Crippen molar-refractivity contribution in [3.63, 3.8) is 0 Å². The Labute approximate surface area is 115 Å². The van der Waals surface area contributed by atoms with Crippen molar-refractivity contribution >= 4 is 17.6 Å². The Morgan fingerprint density at radius 1 is 1.21 bits per heavy atom. The topological polar surface area (TPSA) is 84.4 Å². The summed E-state index contributed by atoms with van der Waals surface area (Å²) in [4.78, 5) is 9.58. The molecule has 0 aliphatic carbocycles. The van der Waals surface area contributed by atoms with Gasteiger partial charge in [-0.15, -0.1) is 0 Å². The zero-order valence-corrected chi connectivity index (χ0v) is 11.5. The van der Waals surface area contributed by atoms with Gasteiger partial charge in [0.15, 0.2) is 11.0 Å². The van der Waals surface area contributed by atoms with Crippen LogP contribution in [0.25, 0.3) is 0 Å². The largest absolute Gasteiger partial charge is 0.409 e. The molecule has 0 saturated carbocycles. The molecule has 98 valence electrons. The van der Waals surface area contributed by atoms with Gasteiger partial charge in [-0.3, -0.25) is 0 Å². The summed E-state index contributed by atoms with van der Waals surface area (Å²) in [5.41, 5.74) is 8.15. The Hall–Kier alpha value is -2.08. The van der Waals surface area contributed by atoms with Crippen LogP contribution in [0.15, 0.2) is 45.5 Å². The fraction of sp³-hybridized carbons (Fsp3) is 0.154. The predicted molar refractivity (Wildman–Crippen MR) is 74.6 cm³/mol. The van der Waals surface area contributed by atoms with E-state index in [0.29, 0.717) is 10.7 Å². The van der Waals surface area contributed by atoms with E-state index in [2.05, 4.69) is 15.1 Å². The Kier molecular flexibility index (Phi) is 4.01. The Bertz CT molecular complexity index is 608. The second-order valence-corrected chi connectivity index (χ2v) is 5.03. The maximum atomic E-state index is 8.79. The smallest absolute Gasteiger partial charge is 0.192 e. The van der Waals surface area contributed by atoms with E-state index in [1.54, 1.807) is 6.07 Å². The van der Waals surface area contributed by atoms with Crippen LogP contribution < -0.4 is 5.73 Å². The zero-order chi connectivity index (χ0) is 13.8. The molecule has 0 atom stereocenters. The van der Waals surface area contributed by atoms with Crippen LogP contribution in [0, 0.1) is 13.8 Å². The number of rotatable bonds is 3.